The molecule has 1 amide bonds. The number of primary amides is 1. The number of aromatic nitrogens is 3. The molecule has 4 aromatic rings. The summed E-state index contributed by atoms with van der Waals surface area (Å²) in [6, 6.07) is 12.3. The molecule has 0 bridgehead atoms. The molecule has 2 aromatic carbocycles. The summed E-state index contributed by atoms with van der Waals surface area (Å²) in [6.07, 6.45) is 3.36. The van der Waals surface area contributed by atoms with Gasteiger partial charge in [0.25, 0.3) is 5.91 Å². The zero-order chi connectivity index (χ0) is 25.8. The van der Waals surface area contributed by atoms with Crippen LogP contribution in [0.5, 0.6) is 0 Å². The number of ketones is 1. The van der Waals surface area contributed by atoms with Crippen molar-refractivity contribution >= 4 is 11.7 Å². The van der Waals surface area contributed by atoms with Crippen LogP contribution in [0.4, 0.5) is 13.2 Å². The summed E-state index contributed by atoms with van der Waals surface area (Å²) >= 11 is 0. The van der Waals surface area contributed by atoms with Crippen LogP contribution in [0.3, 0.4) is 0 Å². The Labute approximate surface area is 205 Å². The number of Topliss-reactive ketones (excluding diaryl/α,β-unsaturated/α-hetero) is 1. The summed E-state index contributed by atoms with van der Waals surface area (Å²) in [5.41, 5.74) is 7.64. The van der Waals surface area contributed by atoms with E-state index in [1.165, 1.54) is 35.1 Å². The first-order chi connectivity index (χ1) is 17.2. The van der Waals surface area contributed by atoms with Gasteiger partial charge in [0.05, 0.1) is 23.5 Å². The van der Waals surface area contributed by atoms with Crippen LogP contribution in [-0.2, 0) is 17.8 Å². The standard InChI is InChI=1S/C27H23F3N4O2/c1-16-6-8-34(33-16)15-22(35)12-19(9-17-10-20(28)14-21(29)11-17)26-23(3-2-7-32-26)18-4-5-25(30)24(13-18)27(31)36/h2-8,10-11,13-14,19H,9,12,15H2,1H3,(H2,31,36)/t19-/m1/s1. The lowest BCUT2D eigenvalue weighted by Gasteiger charge is -2.20. The lowest BCUT2D eigenvalue weighted by atomic mass is 9.86. The third kappa shape index (κ3) is 5.86. The summed E-state index contributed by atoms with van der Waals surface area (Å²) in [5.74, 6) is -3.87. The van der Waals surface area contributed by atoms with Crippen molar-refractivity contribution < 1.29 is 22.8 Å². The van der Waals surface area contributed by atoms with Crippen LogP contribution in [0, 0.1) is 24.4 Å². The van der Waals surface area contributed by atoms with Gasteiger partial charge in [0, 0.05) is 36.4 Å². The second kappa shape index (κ2) is 10.6. The van der Waals surface area contributed by atoms with Crippen LogP contribution in [0.1, 0.15) is 39.6 Å². The number of halogens is 3. The number of hydrogen-bond acceptors (Lipinski definition) is 4. The Balaban J connectivity index is 1.74. The fraction of sp³-hybridized carbons (Fsp3) is 0.185. The van der Waals surface area contributed by atoms with Gasteiger partial charge in [0.2, 0.25) is 0 Å². The van der Waals surface area contributed by atoms with Crippen LogP contribution < -0.4 is 5.73 Å². The van der Waals surface area contributed by atoms with Gasteiger partial charge in [-0.1, -0.05) is 12.1 Å². The molecule has 0 aliphatic rings. The molecular formula is C27H23F3N4O2. The fourth-order valence-corrected chi connectivity index (χ4v) is 4.22. The van der Waals surface area contributed by atoms with Gasteiger partial charge in [-0.15, -0.1) is 0 Å². The first-order valence-corrected chi connectivity index (χ1v) is 11.2. The number of carbonyl (C=O) groups excluding carboxylic acids is 2. The number of pyridine rings is 1. The third-order valence-electron chi connectivity index (χ3n) is 5.76. The highest BCUT2D eigenvalue weighted by Crippen LogP contribution is 2.33. The van der Waals surface area contributed by atoms with Gasteiger partial charge in [0.15, 0.2) is 5.78 Å². The van der Waals surface area contributed by atoms with Crippen molar-refractivity contribution in [2.24, 2.45) is 5.73 Å². The lowest BCUT2D eigenvalue weighted by molar-refractivity contribution is -0.120. The summed E-state index contributed by atoms with van der Waals surface area (Å²) in [6.45, 7) is 1.83. The van der Waals surface area contributed by atoms with E-state index in [2.05, 4.69) is 10.1 Å². The number of nitrogens with two attached hydrogens (primary N) is 1. The highest BCUT2D eigenvalue weighted by atomic mass is 19.1. The number of rotatable bonds is 9. The van der Waals surface area contributed by atoms with E-state index in [0.29, 0.717) is 22.4 Å². The summed E-state index contributed by atoms with van der Waals surface area (Å²) in [4.78, 5) is 29.2. The van der Waals surface area contributed by atoms with Crippen LogP contribution in [0.25, 0.3) is 11.1 Å². The zero-order valence-electron chi connectivity index (χ0n) is 19.4. The van der Waals surface area contributed by atoms with Crippen LogP contribution >= 0.6 is 0 Å². The summed E-state index contributed by atoms with van der Waals surface area (Å²) in [5, 5.41) is 4.24. The third-order valence-corrected chi connectivity index (χ3v) is 5.76. The highest BCUT2D eigenvalue weighted by Gasteiger charge is 2.23. The molecule has 2 heterocycles. The number of aryl methyl sites for hydroxylation is 1. The minimum absolute atomic E-state index is 0.00489. The molecule has 0 radical (unpaired) electrons. The Morgan fingerprint density at radius 1 is 1.03 bits per heavy atom. The molecule has 6 nitrogen and oxygen atoms in total. The number of carbonyl (C=O) groups is 2. The molecule has 0 saturated carbocycles. The Morgan fingerprint density at radius 2 is 1.78 bits per heavy atom. The molecule has 0 aliphatic carbocycles. The van der Waals surface area contributed by atoms with E-state index in [-0.39, 0.29) is 30.7 Å². The number of amides is 1. The summed E-state index contributed by atoms with van der Waals surface area (Å²) < 4.78 is 43.5. The molecule has 2 N–H and O–H groups in total. The zero-order valence-corrected chi connectivity index (χ0v) is 19.4. The van der Waals surface area contributed by atoms with Gasteiger partial charge in [-0.25, -0.2) is 13.2 Å². The Kier molecular flexibility index (Phi) is 7.28. The van der Waals surface area contributed by atoms with Gasteiger partial charge in [-0.2, -0.15) is 5.10 Å². The fourth-order valence-electron chi connectivity index (χ4n) is 4.22. The molecule has 36 heavy (non-hydrogen) atoms. The molecule has 0 saturated heterocycles. The topological polar surface area (TPSA) is 90.9 Å². The molecule has 184 valence electrons. The molecule has 0 spiro atoms. The van der Waals surface area contributed by atoms with Gasteiger partial charge in [-0.3, -0.25) is 19.3 Å². The molecule has 0 aliphatic heterocycles. The van der Waals surface area contributed by atoms with Crippen molar-refractivity contribution in [1.82, 2.24) is 14.8 Å². The quantitative estimate of drug-likeness (QED) is 0.365. The molecule has 0 fully saturated rings. The molecular weight excluding hydrogens is 469 g/mol. The van der Waals surface area contributed by atoms with Crippen molar-refractivity contribution in [3.05, 3.63) is 107 Å². The maximum atomic E-state index is 14.1. The van der Waals surface area contributed by atoms with Crippen LogP contribution in [0.15, 0.2) is 67.0 Å². The van der Waals surface area contributed by atoms with E-state index in [1.54, 1.807) is 24.4 Å². The molecule has 4 rings (SSSR count). The average molecular weight is 493 g/mol. The lowest BCUT2D eigenvalue weighted by Crippen LogP contribution is -2.17. The van der Waals surface area contributed by atoms with Crippen LogP contribution in [-0.4, -0.2) is 26.5 Å². The van der Waals surface area contributed by atoms with E-state index >= 15 is 0 Å². The van der Waals surface area contributed by atoms with Crippen molar-refractivity contribution in [3.63, 3.8) is 0 Å². The van der Waals surface area contributed by atoms with Crippen molar-refractivity contribution in [2.75, 3.05) is 0 Å². The molecule has 2 aromatic heterocycles. The van der Waals surface area contributed by atoms with E-state index in [9.17, 15) is 22.8 Å². The largest absolute Gasteiger partial charge is 0.366 e. The van der Waals surface area contributed by atoms with Crippen molar-refractivity contribution in [1.29, 1.82) is 0 Å². The van der Waals surface area contributed by atoms with E-state index in [4.69, 9.17) is 5.73 Å². The molecule has 9 heteroatoms. The first kappa shape index (κ1) is 24.8. The smallest absolute Gasteiger partial charge is 0.251 e. The average Bonchev–Trinajstić information content (AvgIpc) is 3.22. The number of hydrogen-bond donors (Lipinski definition) is 1. The minimum atomic E-state index is -0.920. The second-order valence-corrected chi connectivity index (χ2v) is 8.57. The maximum Gasteiger partial charge on any atom is 0.251 e. The van der Waals surface area contributed by atoms with Crippen LogP contribution in [0.2, 0.25) is 0 Å². The van der Waals surface area contributed by atoms with Gasteiger partial charge in [-0.05, 0) is 60.9 Å². The van der Waals surface area contributed by atoms with Gasteiger partial charge >= 0.3 is 0 Å². The predicted molar refractivity (Wildman–Crippen MR) is 128 cm³/mol. The normalized spacial score (nSPS) is 11.9. The monoisotopic (exact) mass is 492 g/mol. The van der Waals surface area contributed by atoms with E-state index < -0.39 is 29.3 Å². The number of benzene rings is 2. The van der Waals surface area contributed by atoms with Gasteiger partial charge < -0.3 is 5.73 Å². The summed E-state index contributed by atoms with van der Waals surface area (Å²) in [7, 11) is 0. The highest BCUT2D eigenvalue weighted by molar-refractivity contribution is 5.94. The Bertz CT molecular complexity index is 1410. The maximum absolute atomic E-state index is 14.1. The predicted octanol–water partition coefficient (Wildman–Crippen LogP) is 4.76. The van der Waals surface area contributed by atoms with E-state index in [0.717, 1.165) is 17.8 Å². The first-order valence-electron chi connectivity index (χ1n) is 11.2. The Morgan fingerprint density at radius 3 is 2.44 bits per heavy atom. The van der Waals surface area contributed by atoms with Crippen molar-refractivity contribution in [3.8, 4) is 11.1 Å². The minimum Gasteiger partial charge on any atom is -0.366 e. The molecule has 1 atom stereocenters. The van der Waals surface area contributed by atoms with Gasteiger partial charge in [0.1, 0.15) is 17.5 Å². The Hall–Kier alpha value is -4.27. The SMILES string of the molecule is Cc1ccn(CC(=O)C[C@@H](Cc2cc(F)cc(F)c2)c2ncccc2-c2ccc(F)c(C(N)=O)c2)n1. The number of nitrogens with zero attached hydrogens (tertiary/aromatic N) is 3. The van der Waals surface area contributed by atoms with E-state index in [1.807, 2.05) is 6.92 Å². The molecule has 0 unspecified atom stereocenters. The second-order valence-electron chi connectivity index (χ2n) is 8.57. The van der Waals surface area contributed by atoms with Crippen molar-refractivity contribution in [2.45, 2.75) is 32.2 Å².